The fourth-order valence-electron chi connectivity index (χ4n) is 2.41. The highest BCUT2D eigenvalue weighted by molar-refractivity contribution is 6.30. The zero-order valence-corrected chi connectivity index (χ0v) is 10.4. The number of aliphatic hydroxyl groups excluding tert-OH is 1. The van der Waals surface area contributed by atoms with Crippen LogP contribution in [0.3, 0.4) is 0 Å². The summed E-state index contributed by atoms with van der Waals surface area (Å²) in [6, 6.07) is 4.99. The van der Waals surface area contributed by atoms with Crippen LogP contribution in [0.1, 0.15) is 31.2 Å². The van der Waals surface area contributed by atoms with E-state index in [1.165, 1.54) is 6.07 Å². The van der Waals surface area contributed by atoms with Gasteiger partial charge in [0, 0.05) is 17.6 Å². The summed E-state index contributed by atoms with van der Waals surface area (Å²) in [5, 5.41) is 12.9. The maximum absolute atomic E-state index is 13.7. The topological polar surface area (TPSA) is 32.3 Å². The number of nitrogens with one attached hydrogen (secondary N) is 1. The quantitative estimate of drug-likeness (QED) is 0.869. The van der Waals surface area contributed by atoms with E-state index in [2.05, 4.69) is 5.32 Å². The summed E-state index contributed by atoms with van der Waals surface area (Å²) in [6.07, 6.45) is 4.13. The van der Waals surface area contributed by atoms with E-state index in [1.807, 2.05) is 0 Å². The lowest BCUT2D eigenvalue weighted by Gasteiger charge is -2.28. The first kappa shape index (κ1) is 12.8. The van der Waals surface area contributed by atoms with E-state index in [1.54, 1.807) is 12.1 Å². The van der Waals surface area contributed by atoms with E-state index in [9.17, 15) is 9.50 Å². The molecule has 0 atom stereocenters. The molecule has 94 valence electrons. The Morgan fingerprint density at radius 1 is 1.35 bits per heavy atom. The second-order valence-electron chi connectivity index (χ2n) is 4.71. The molecule has 2 rings (SSSR count). The zero-order valence-electron chi connectivity index (χ0n) is 9.68. The molecule has 0 saturated heterocycles. The van der Waals surface area contributed by atoms with Crippen molar-refractivity contribution in [2.45, 2.75) is 37.8 Å². The van der Waals surface area contributed by atoms with E-state index in [0.717, 1.165) is 25.7 Å². The zero-order chi connectivity index (χ0) is 12.3. The van der Waals surface area contributed by atoms with Crippen molar-refractivity contribution in [2.75, 3.05) is 6.61 Å². The molecule has 1 saturated carbocycles. The van der Waals surface area contributed by atoms with E-state index >= 15 is 0 Å². The van der Waals surface area contributed by atoms with Crippen molar-refractivity contribution >= 4 is 11.6 Å². The first-order chi connectivity index (χ1) is 8.17. The first-order valence-electron chi connectivity index (χ1n) is 5.96. The van der Waals surface area contributed by atoms with Crippen molar-refractivity contribution in [1.82, 2.24) is 5.32 Å². The Kier molecular flexibility index (Phi) is 4.02. The van der Waals surface area contributed by atoms with E-state index < -0.39 is 0 Å². The molecule has 2 N–H and O–H groups in total. The molecule has 1 aliphatic carbocycles. The lowest BCUT2D eigenvalue weighted by molar-refractivity contribution is 0.162. The summed E-state index contributed by atoms with van der Waals surface area (Å²) in [6.45, 7) is 0.516. The predicted octanol–water partition coefficient (Wildman–Crippen LogP) is 2.87. The van der Waals surface area contributed by atoms with Crippen LogP contribution in [0.4, 0.5) is 4.39 Å². The van der Waals surface area contributed by atoms with Crippen LogP contribution in [0.25, 0.3) is 0 Å². The summed E-state index contributed by atoms with van der Waals surface area (Å²) in [5.74, 6) is -0.368. The average Bonchev–Trinajstić information content (AvgIpc) is 2.81. The minimum Gasteiger partial charge on any atom is -0.394 e. The van der Waals surface area contributed by atoms with Crippen molar-refractivity contribution in [3.8, 4) is 0 Å². The molecule has 1 aromatic rings. The molecule has 17 heavy (non-hydrogen) atoms. The molecule has 1 fully saturated rings. The smallest absolute Gasteiger partial charge is 0.146 e. The second-order valence-corrected chi connectivity index (χ2v) is 5.12. The Morgan fingerprint density at radius 2 is 2.06 bits per heavy atom. The first-order valence-corrected chi connectivity index (χ1v) is 6.33. The fraction of sp³-hybridized carbons (Fsp3) is 0.538. The third kappa shape index (κ3) is 2.79. The van der Waals surface area contributed by atoms with Gasteiger partial charge in [-0.2, -0.15) is 0 Å². The largest absolute Gasteiger partial charge is 0.394 e. The molecule has 0 aromatic heterocycles. The van der Waals surface area contributed by atoms with Crippen molar-refractivity contribution in [2.24, 2.45) is 0 Å². The Labute approximate surface area is 106 Å². The summed E-state index contributed by atoms with van der Waals surface area (Å²) in [5.41, 5.74) is 0.326. The van der Waals surface area contributed by atoms with Gasteiger partial charge in [-0.3, -0.25) is 0 Å². The van der Waals surface area contributed by atoms with Gasteiger partial charge in [0.1, 0.15) is 5.82 Å². The molecule has 0 unspecified atom stereocenters. The minimum absolute atomic E-state index is 0.106. The molecule has 0 spiro atoms. The Bertz CT molecular complexity index is 391. The maximum atomic E-state index is 13.7. The van der Waals surface area contributed by atoms with Crippen molar-refractivity contribution in [3.63, 3.8) is 0 Å². The SMILES string of the molecule is OCC1(NCc2cccc(Cl)c2F)CCCC1. The summed E-state index contributed by atoms with van der Waals surface area (Å²) < 4.78 is 13.7. The fourth-order valence-corrected chi connectivity index (χ4v) is 2.60. The molecule has 0 radical (unpaired) electrons. The van der Waals surface area contributed by atoms with Gasteiger partial charge in [0.15, 0.2) is 0 Å². The van der Waals surface area contributed by atoms with Crippen LogP contribution in [-0.4, -0.2) is 17.3 Å². The molecule has 0 aliphatic heterocycles. The second kappa shape index (κ2) is 5.34. The van der Waals surface area contributed by atoms with Crippen molar-refractivity contribution in [3.05, 3.63) is 34.6 Å². The number of benzene rings is 1. The van der Waals surface area contributed by atoms with Gasteiger partial charge >= 0.3 is 0 Å². The highest BCUT2D eigenvalue weighted by Gasteiger charge is 2.32. The molecule has 4 heteroatoms. The third-order valence-corrected chi connectivity index (χ3v) is 3.84. The van der Waals surface area contributed by atoms with E-state index in [0.29, 0.717) is 12.1 Å². The van der Waals surface area contributed by atoms with Gasteiger partial charge in [-0.1, -0.05) is 36.6 Å². The molecule has 1 aromatic carbocycles. The number of hydrogen-bond donors (Lipinski definition) is 2. The van der Waals surface area contributed by atoms with Crippen LogP contribution in [0, 0.1) is 5.82 Å². The van der Waals surface area contributed by atoms with Gasteiger partial charge < -0.3 is 10.4 Å². The van der Waals surface area contributed by atoms with Gasteiger partial charge in [0.05, 0.1) is 11.6 Å². The summed E-state index contributed by atoms with van der Waals surface area (Å²) in [4.78, 5) is 0. The normalized spacial score (nSPS) is 18.5. The molecule has 0 bridgehead atoms. The standard InChI is InChI=1S/C13H17ClFNO/c14-11-5-3-4-10(12(11)15)8-16-13(9-17)6-1-2-7-13/h3-5,16-17H,1-2,6-9H2. The van der Waals surface area contributed by atoms with Crippen LogP contribution in [0.2, 0.25) is 5.02 Å². The number of hydrogen-bond acceptors (Lipinski definition) is 2. The Hall–Kier alpha value is -0.640. The number of halogens is 2. The summed E-state index contributed by atoms with van der Waals surface area (Å²) >= 11 is 5.73. The van der Waals surface area contributed by atoms with E-state index in [-0.39, 0.29) is 23.0 Å². The van der Waals surface area contributed by atoms with Crippen LogP contribution in [0.5, 0.6) is 0 Å². The molecular weight excluding hydrogens is 241 g/mol. The summed E-state index contributed by atoms with van der Waals surface area (Å²) in [7, 11) is 0. The van der Waals surface area contributed by atoms with Gasteiger partial charge in [0.25, 0.3) is 0 Å². The minimum atomic E-state index is -0.368. The van der Waals surface area contributed by atoms with Crippen LogP contribution in [-0.2, 0) is 6.54 Å². The average molecular weight is 258 g/mol. The monoisotopic (exact) mass is 257 g/mol. The van der Waals surface area contributed by atoms with Crippen LogP contribution >= 0.6 is 11.6 Å². The molecule has 2 nitrogen and oxygen atoms in total. The van der Waals surface area contributed by atoms with Gasteiger partial charge in [-0.05, 0) is 18.9 Å². The Morgan fingerprint density at radius 3 is 2.71 bits per heavy atom. The lowest BCUT2D eigenvalue weighted by atomic mass is 9.98. The van der Waals surface area contributed by atoms with Crippen molar-refractivity contribution < 1.29 is 9.50 Å². The Balaban J connectivity index is 2.04. The van der Waals surface area contributed by atoms with E-state index in [4.69, 9.17) is 11.6 Å². The van der Waals surface area contributed by atoms with Gasteiger partial charge in [-0.15, -0.1) is 0 Å². The van der Waals surface area contributed by atoms with Crippen LogP contribution < -0.4 is 5.32 Å². The molecule has 0 amide bonds. The number of aliphatic hydroxyl groups is 1. The van der Waals surface area contributed by atoms with Gasteiger partial charge in [-0.25, -0.2) is 4.39 Å². The number of rotatable bonds is 4. The third-order valence-electron chi connectivity index (χ3n) is 3.55. The molecule has 0 heterocycles. The predicted molar refractivity (Wildman–Crippen MR) is 66.5 cm³/mol. The van der Waals surface area contributed by atoms with Crippen molar-refractivity contribution in [1.29, 1.82) is 0 Å². The highest BCUT2D eigenvalue weighted by Crippen LogP contribution is 2.29. The molecular formula is C13H17ClFNO. The van der Waals surface area contributed by atoms with Crippen LogP contribution in [0.15, 0.2) is 18.2 Å². The maximum Gasteiger partial charge on any atom is 0.146 e. The molecule has 1 aliphatic rings. The van der Waals surface area contributed by atoms with Gasteiger partial charge in [0.2, 0.25) is 0 Å². The lowest BCUT2D eigenvalue weighted by Crippen LogP contribution is -2.45. The highest BCUT2D eigenvalue weighted by atomic mass is 35.5.